The summed E-state index contributed by atoms with van der Waals surface area (Å²) in [4.78, 5) is 13.0. The van der Waals surface area contributed by atoms with E-state index < -0.39 is 0 Å². The highest BCUT2D eigenvalue weighted by atomic mass is 16.2. The predicted octanol–water partition coefficient (Wildman–Crippen LogP) is 4.50. The minimum absolute atomic E-state index is 0.153. The molecule has 2 aromatic rings. The van der Waals surface area contributed by atoms with Crippen molar-refractivity contribution < 1.29 is 4.79 Å². The van der Waals surface area contributed by atoms with Crippen LogP contribution in [-0.2, 0) is 11.2 Å². The Kier molecular flexibility index (Phi) is 6.11. The molecule has 3 heteroatoms. The fourth-order valence-electron chi connectivity index (χ4n) is 3.62. The molecule has 1 saturated carbocycles. The molecule has 0 radical (unpaired) electrons. The first kappa shape index (κ1) is 16.8. The van der Waals surface area contributed by atoms with Crippen molar-refractivity contribution in [2.75, 3.05) is 0 Å². The van der Waals surface area contributed by atoms with E-state index in [1.807, 2.05) is 47.3 Å². The van der Waals surface area contributed by atoms with Gasteiger partial charge in [0.25, 0.3) is 0 Å². The smallest absolute Gasteiger partial charge is 0.243 e. The summed E-state index contributed by atoms with van der Waals surface area (Å²) in [6, 6.07) is 14.4. The SMILES string of the molecule is O=C(NC1CCCCCCC1)C(Cc1ccccc1)n1cccc1. The van der Waals surface area contributed by atoms with Crippen LogP contribution in [-0.4, -0.2) is 16.5 Å². The van der Waals surface area contributed by atoms with E-state index in [4.69, 9.17) is 0 Å². The van der Waals surface area contributed by atoms with Crippen molar-refractivity contribution in [3.8, 4) is 0 Å². The highest BCUT2D eigenvalue weighted by Crippen LogP contribution is 2.20. The van der Waals surface area contributed by atoms with Crippen molar-refractivity contribution in [2.24, 2.45) is 0 Å². The van der Waals surface area contributed by atoms with E-state index >= 15 is 0 Å². The monoisotopic (exact) mass is 324 g/mol. The van der Waals surface area contributed by atoms with E-state index in [0.29, 0.717) is 6.04 Å². The summed E-state index contributed by atoms with van der Waals surface area (Å²) in [6.07, 6.45) is 13.4. The lowest BCUT2D eigenvalue weighted by molar-refractivity contribution is -0.125. The lowest BCUT2D eigenvalue weighted by Crippen LogP contribution is -2.40. The van der Waals surface area contributed by atoms with Crippen LogP contribution in [0.1, 0.15) is 56.6 Å². The summed E-state index contributed by atoms with van der Waals surface area (Å²) >= 11 is 0. The predicted molar refractivity (Wildman–Crippen MR) is 97.9 cm³/mol. The number of carbonyl (C=O) groups excluding carboxylic acids is 1. The Balaban J connectivity index is 1.68. The van der Waals surface area contributed by atoms with E-state index in [1.165, 1.54) is 37.7 Å². The van der Waals surface area contributed by atoms with Crippen LogP contribution in [0, 0.1) is 0 Å². The van der Waals surface area contributed by atoms with Crippen molar-refractivity contribution in [1.82, 2.24) is 9.88 Å². The van der Waals surface area contributed by atoms with Gasteiger partial charge in [0, 0.05) is 24.9 Å². The number of aromatic nitrogens is 1. The minimum atomic E-state index is -0.173. The second-order valence-electron chi connectivity index (χ2n) is 6.89. The average molecular weight is 324 g/mol. The summed E-state index contributed by atoms with van der Waals surface area (Å²) in [5.41, 5.74) is 1.20. The molecular formula is C21H28N2O. The van der Waals surface area contributed by atoms with Gasteiger partial charge in [0.05, 0.1) is 0 Å². The first-order valence-corrected chi connectivity index (χ1v) is 9.30. The molecule has 0 saturated heterocycles. The number of nitrogens with one attached hydrogen (secondary N) is 1. The molecule has 1 fully saturated rings. The van der Waals surface area contributed by atoms with Crippen molar-refractivity contribution in [3.05, 3.63) is 60.4 Å². The van der Waals surface area contributed by atoms with Gasteiger partial charge in [0.1, 0.15) is 6.04 Å². The molecule has 0 spiro atoms. The maximum atomic E-state index is 13.0. The molecule has 1 aliphatic carbocycles. The van der Waals surface area contributed by atoms with Crippen molar-refractivity contribution in [3.63, 3.8) is 0 Å². The highest BCUT2D eigenvalue weighted by molar-refractivity contribution is 5.81. The van der Waals surface area contributed by atoms with Gasteiger partial charge in [-0.3, -0.25) is 4.79 Å². The number of hydrogen-bond acceptors (Lipinski definition) is 1. The van der Waals surface area contributed by atoms with Crippen molar-refractivity contribution in [2.45, 2.75) is 63.5 Å². The van der Waals surface area contributed by atoms with E-state index in [0.717, 1.165) is 19.3 Å². The molecule has 1 aromatic heterocycles. The standard InChI is InChI=1S/C21H28N2O/c24-21(22-19-13-7-2-1-3-8-14-19)20(23-15-9-10-16-23)17-18-11-5-4-6-12-18/h4-6,9-12,15-16,19-20H,1-3,7-8,13-14,17H2,(H,22,24). The minimum Gasteiger partial charge on any atom is -0.352 e. The largest absolute Gasteiger partial charge is 0.352 e. The van der Waals surface area contributed by atoms with Crippen molar-refractivity contribution >= 4 is 5.91 Å². The first-order valence-electron chi connectivity index (χ1n) is 9.30. The van der Waals surface area contributed by atoms with E-state index in [9.17, 15) is 4.79 Å². The normalized spacial score (nSPS) is 17.7. The third-order valence-electron chi connectivity index (χ3n) is 5.01. The summed E-state index contributed by atoms with van der Waals surface area (Å²) in [7, 11) is 0. The molecule has 1 N–H and O–H groups in total. The van der Waals surface area contributed by atoms with Gasteiger partial charge in [-0.1, -0.05) is 62.4 Å². The number of nitrogens with zero attached hydrogens (tertiary/aromatic N) is 1. The second-order valence-corrected chi connectivity index (χ2v) is 6.89. The van der Waals surface area contributed by atoms with Crippen molar-refractivity contribution in [1.29, 1.82) is 0 Å². The Bertz CT molecular complexity index is 598. The van der Waals surface area contributed by atoms with Gasteiger partial charge in [0.15, 0.2) is 0 Å². The van der Waals surface area contributed by atoms with Crippen LogP contribution in [0.15, 0.2) is 54.9 Å². The maximum absolute atomic E-state index is 13.0. The third-order valence-corrected chi connectivity index (χ3v) is 5.01. The molecule has 128 valence electrons. The molecule has 0 aliphatic heterocycles. The number of benzene rings is 1. The van der Waals surface area contributed by atoms with Crippen LogP contribution >= 0.6 is 0 Å². The van der Waals surface area contributed by atoms with Crippen LogP contribution in [0.4, 0.5) is 0 Å². The highest BCUT2D eigenvalue weighted by Gasteiger charge is 2.23. The molecular weight excluding hydrogens is 296 g/mol. The van der Waals surface area contributed by atoms with Crippen LogP contribution < -0.4 is 5.32 Å². The molecule has 1 heterocycles. The lowest BCUT2D eigenvalue weighted by atomic mass is 9.96. The molecule has 3 rings (SSSR count). The molecule has 3 nitrogen and oxygen atoms in total. The number of rotatable bonds is 5. The Labute approximate surface area is 145 Å². The molecule has 1 aliphatic rings. The topological polar surface area (TPSA) is 34.0 Å². The Morgan fingerprint density at radius 3 is 2.25 bits per heavy atom. The van der Waals surface area contributed by atoms with Crippen LogP contribution in [0.3, 0.4) is 0 Å². The maximum Gasteiger partial charge on any atom is 0.243 e. The number of amides is 1. The second kappa shape index (κ2) is 8.72. The number of hydrogen-bond donors (Lipinski definition) is 1. The Hall–Kier alpha value is -2.03. The van der Waals surface area contributed by atoms with Crippen LogP contribution in [0.5, 0.6) is 0 Å². The molecule has 1 aromatic carbocycles. The summed E-state index contributed by atoms with van der Waals surface area (Å²) in [5, 5.41) is 3.34. The van der Waals surface area contributed by atoms with Crippen LogP contribution in [0.2, 0.25) is 0 Å². The zero-order valence-electron chi connectivity index (χ0n) is 14.4. The first-order chi connectivity index (χ1) is 11.8. The quantitative estimate of drug-likeness (QED) is 0.863. The fraction of sp³-hybridized carbons (Fsp3) is 0.476. The van der Waals surface area contributed by atoms with Gasteiger partial charge < -0.3 is 9.88 Å². The lowest BCUT2D eigenvalue weighted by Gasteiger charge is -2.25. The summed E-state index contributed by atoms with van der Waals surface area (Å²) < 4.78 is 2.03. The van der Waals surface area contributed by atoms with Crippen LogP contribution in [0.25, 0.3) is 0 Å². The number of carbonyl (C=O) groups is 1. The Morgan fingerprint density at radius 2 is 1.58 bits per heavy atom. The van der Waals surface area contributed by atoms with Gasteiger partial charge in [-0.25, -0.2) is 0 Å². The van der Waals surface area contributed by atoms with Gasteiger partial charge in [-0.05, 0) is 30.5 Å². The van der Waals surface area contributed by atoms with Gasteiger partial charge in [-0.2, -0.15) is 0 Å². The molecule has 24 heavy (non-hydrogen) atoms. The Morgan fingerprint density at radius 1 is 0.958 bits per heavy atom. The molecule has 0 bridgehead atoms. The summed E-state index contributed by atoms with van der Waals surface area (Å²) in [6.45, 7) is 0. The fourth-order valence-corrected chi connectivity index (χ4v) is 3.62. The molecule has 1 amide bonds. The van der Waals surface area contributed by atoms with Gasteiger partial charge >= 0.3 is 0 Å². The summed E-state index contributed by atoms with van der Waals surface area (Å²) in [5.74, 6) is 0.153. The van der Waals surface area contributed by atoms with E-state index in [2.05, 4.69) is 17.4 Å². The average Bonchev–Trinajstić information content (AvgIpc) is 3.10. The van der Waals surface area contributed by atoms with Gasteiger partial charge in [0.2, 0.25) is 5.91 Å². The van der Waals surface area contributed by atoms with E-state index in [-0.39, 0.29) is 11.9 Å². The molecule has 1 unspecified atom stereocenters. The zero-order valence-corrected chi connectivity index (χ0v) is 14.4. The zero-order chi connectivity index (χ0) is 16.6. The van der Waals surface area contributed by atoms with Gasteiger partial charge in [-0.15, -0.1) is 0 Å². The third kappa shape index (κ3) is 4.73. The molecule has 1 atom stereocenters. The van der Waals surface area contributed by atoms with E-state index in [1.54, 1.807) is 0 Å².